The van der Waals surface area contributed by atoms with E-state index in [1.807, 2.05) is 0 Å². The first-order valence-corrected chi connectivity index (χ1v) is 9.23. The summed E-state index contributed by atoms with van der Waals surface area (Å²) in [5, 5.41) is 6.29. The highest BCUT2D eigenvalue weighted by Crippen LogP contribution is 2.14. The van der Waals surface area contributed by atoms with Crippen LogP contribution in [0, 0.1) is 17.6 Å². The summed E-state index contributed by atoms with van der Waals surface area (Å²) in [5.41, 5.74) is 0.356. The second-order valence-corrected chi connectivity index (χ2v) is 6.40. The van der Waals surface area contributed by atoms with Crippen molar-refractivity contribution in [3.8, 4) is 0 Å². The Morgan fingerprint density at radius 3 is 2.70 bits per heavy atom. The lowest BCUT2D eigenvalue weighted by Crippen LogP contribution is -2.39. The van der Waals surface area contributed by atoms with Crippen molar-refractivity contribution in [2.75, 3.05) is 46.6 Å². The Bertz CT molecular complexity index is 570. The summed E-state index contributed by atoms with van der Waals surface area (Å²) in [6, 6.07) is 3.50. The molecule has 1 saturated heterocycles. The lowest BCUT2D eigenvalue weighted by atomic mass is 10.0. The van der Waals surface area contributed by atoms with E-state index < -0.39 is 11.6 Å². The van der Waals surface area contributed by atoms with Crippen LogP contribution in [0.3, 0.4) is 0 Å². The first kappa shape index (κ1) is 24.0. The SMILES string of the molecule is CN=C(NCCCOCC1CCOCC1)NCCc1cc(F)ccc1F.I. The Morgan fingerprint density at radius 2 is 1.96 bits per heavy atom. The summed E-state index contributed by atoms with van der Waals surface area (Å²) in [4.78, 5) is 4.12. The van der Waals surface area contributed by atoms with Gasteiger partial charge in [0.25, 0.3) is 0 Å². The van der Waals surface area contributed by atoms with Gasteiger partial charge in [0.15, 0.2) is 5.96 Å². The molecule has 0 amide bonds. The third kappa shape index (κ3) is 9.66. The molecule has 2 N–H and O–H groups in total. The number of nitrogens with zero attached hydrogens (tertiary/aromatic N) is 1. The molecule has 27 heavy (non-hydrogen) atoms. The van der Waals surface area contributed by atoms with Crippen LogP contribution < -0.4 is 10.6 Å². The maximum absolute atomic E-state index is 13.6. The number of ether oxygens (including phenoxy) is 2. The number of halogens is 3. The van der Waals surface area contributed by atoms with E-state index in [4.69, 9.17) is 9.47 Å². The van der Waals surface area contributed by atoms with Crippen molar-refractivity contribution in [1.82, 2.24) is 10.6 Å². The van der Waals surface area contributed by atoms with Gasteiger partial charge in [0.2, 0.25) is 0 Å². The van der Waals surface area contributed by atoms with Crippen molar-refractivity contribution in [1.29, 1.82) is 0 Å². The van der Waals surface area contributed by atoms with E-state index in [2.05, 4.69) is 15.6 Å². The van der Waals surface area contributed by atoms with Gasteiger partial charge in [-0.2, -0.15) is 0 Å². The summed E-state index contributed by atoms with van der Waals surface area (Å²) < 4.78 is 37.8. The molecule has 0 spiro atoms. The smallest absolute Gasteiger partial charge is 0.190 e. The van der Waals surface area contributed by atoms with Gasteiger partial charge in [-0.25, -0.2) is 8.78 Å². The van der Waals surface area contributed by atoms with Gasteiger partial charge in [-0.3, -0.25) is 4.99 Å². The number of guanidine groups is 1. The Balaban J connectivity index is 0.00000364. The normalized spacial score (nSPS) is 15.3. The molecule has 0 atom stereocenters. The fourth-order valence-electron chi connectivity index (χ4n) is 2.82. The van der Waals surface area contributed by atoms with Crippen LogP contribution in [0.2, 0.25) is 0 Å². The van der Waals surface area contributed by atoms with Crippen molar-refractivity contribution >= 4 is 29.9 Å². The van der Waals surface area contributed by atoms with E-state index in [1.54, 1.807) is 7.05 Å². The molecule has 1 aliphatic rings. The van der Waals surface area contributed by atoms with E-state index in [0.717, 1.165) is 57.8 Å². The number of hydrogen-bond donors (Lipinski definition) is 2. The molecular weight excluding hydrogens is 467 g/mol. The maximum Gasteiger partial charge on any atom is 0.190 e. The Morgan fingerprint density at radius 1 is 1.22 bits per heavy atom. The molecule has 1 aliphatic heterocycles. The number of benzene rings is 1. The monoisotopic (exact) mass is 497 g/mol. The zero-order chi connectivity index (χ0) is 18.6. The molecular formula is C19H30F2IN3O2. The van der Waals surface area contributed by atoms with Crippen LogP contribution in [0.25, 0.3) is 0 Å². The van der Waals surface area contributed by atoms with Gasteiger partial charge >= 0.3 is 0 Å². The molecule has 0 saturated carbocycles. The van der Waals surface area contributed by atoms with Gasteiger partial charge in [-0.05, 0) is 55.4 Å². The summed E-state index contributed by atoms with van der Waals surface area (Å²) >= 11 is 0. The second-order valence-electron chi connectivity index (χ2n) is 6.40. The van der Waals surface area contributed by atoms with E-state index in [1.165, 1.54) is 6.07 Å². The average Bonchev–Trinajstić information content (AvgIpc) is 2.66. The van der Waals surface area contributed by atoms with Crippen molar-refractivity contribution in [2.45, 2.75) is 25.7 Å². The minimum absolute atomic E-state index is 0. The number of hydrogen-bond acceptors (Lipinski definition) is 3. The summed E-state index contributed by atoms with van der Waals surface area (Å²) in [7, 11) is 1.68. The Kier molecular flexibility index (Phi) is 12.5. The second kappa shape index (κ2) is 14.1. The van der Waals surface area contributed by atoms with Crippen LogP contribution in [0.4, 0.5) is 8.78 Å². The third-order valence-electron chi connectivity index (χ3n) is 4.37. The van der Waals surface area contributed by atoms with Gasteiger partial charge in [0.05, 0.1) is 0 Å². The minimum atomic E-state index is -0.426. The largest absolute Gasteiger partial charge is 0.381 e. The number of nitrogens with one attached hydrogen (secondary N) is 2. The van der Waals surface area contributed by atoms with Crippen LogP contribution in [0.5, 0.6) is 0 Å². The molecule has 1 aromatic carbocycles. The molecule has 1 aromatic rings. The summed E-state index contributed by atoms with van der Waals surface area (Å²) in [5.74, 6) is 0.447. The van der Waals surface area contributed by atoms with Crippen molar-refractivity contribution in [3.63, 3.8) is 0 Å². The average molecular weight is 497 g/mol. The first-order valence-electron chi connectivity index (χ1n) is 9.23. The van der Waals surface area contributed by atoms with Crippen LogP contribution in [0.15, 0.2) is 23.2 Å². The fourth-order valence-corrected chi connectivity index (χ4v) is 2.82. The molecule has 0 aromatic heterocycles. The first-order chi connectivity index (χ1) is 12.7. The van der Waals surface area contributed by atoms with E-state index >= 15 is 0 Å². The Hall–Kier alpha value is -1.00. The van der Waals surface area contributed by atoms with E-state index in [0.29, 0.717) is 37.0 Å². The molecule has 2 rings (SSSR count). The summed E-state index contributed by atoms with van der Waals surface area (Å²) in [6.45, 7) is 4.40. The van der Waals surface area contributed by atoms with Crippen LogP contribution >= 0.6 is 24.0 Å². The lowest BCUT2D eigenvalue weighted by molar-refractivity contribution is 0.0203. The Labute approximate surface area is 177 Å². The highest BCUT2D eigenvalue weighted by atomic mass is 127. The van der Waals surface area contributed by atoms with Crippen LogP contribution in [0.1, 0.15) is 24.8 Å². The third-order valence-corrected chi connectivity index (χ3v) is 4.37. The predicted octanol–water partition coefficient (Wildman–Crippen LogP) is 3.12. The summed E-state index contributed by atoms with van der Waals surface area (Å²) in [6.07, 6.45) is 3.43. The fraction of sp³-hybridized carbons (Fsp3) is 0.632. The molecule has 5 nitrogen and oxygen atoms in total. The molecule has 1 heterocycles. The molecule has 0 unspecified atom stereocenters. The molecule has 8 heteroatoms. The molecule has 0 aliphatic carbocycles. The highest BCUT2D eigenvalue weighted by Gasteiger charge is 2.13. The van der Waals surface area contributed by atoms with Gasteiger partial charge in [-0.1, -0.05) is 0 Å². The molecule has 0 radical (unpaired) electrons. The zero-order valence-corrected chi connectivity index (χ0v) is 18.1. The van der Waals surface area contributed by atoms with Crippen LogP contribution in [-0.2, 0) is 15.9 Å². The number of rotatable bonds is 9. The topological polar surface area (TPSA) is 54.9 Å². The standard InChI is InChI=1S/C19H29F2N3O2.HI/c1-22-19(24-9-5-16-13-17(20)3-4-18(16)21)23-8-2-10-26-14-15-6-11-25-12-7-15;/h3-4,13,15H,2,5-12,14H2,1H3,(H2,22,23,24);1H. The molecule has 154 valence electrons. The van der Waals surface area contributed by atoms with Crippen molar-refractivity contribution < 1.29 is 18.3 Å². The molecule has 1 fully saturated rings. The van der Waals surface area contributed by atoms with Crippen molar-refractivity contribution in [3.05, 3.63) is 35.4 Å². The van der Waals surface area contributed by atoms with E-state index in [9.17, 15) is 8.78 Å². The van der Waals surface area contributed by atoms with Gasteiger partial charge in [0.1, 0.15) is 11.6 Å². The molecule has 0 bridgehead atoms. The van der Waals surface area contributed by atoms with Crippen molar-refractivity contribution in [2.24, 2.45) is 10.9 Å². The van der Waals surface area contributed by atoms with Gasteiger partial charge in [-0.15, -0.1) is 24.0 Å². The van der Waals surface area contributed by atoms with Gasteiger partial charge in [0, 0.05) is 46.6 Å². The minimum Gasteiger partial charge on any atom is -0.381 e. The maximum atomic E-state index is 13.6. The quantitative estimate of drug-likeness (QED) is 0.238. The predicted molar refractivity (Wildman–Crippen MR) is 114 cm³/mol. The van der Waals surface area contributed by atoms with Gasteiger partial charge < -0.3 is 20.1 Å². The highest BCUT2D eigenvalue weighted by molar-refractivity contribution is 14.0. The number of aliphatic imine (C=N–C) groups is 1. The zero-order valence-electron chi connectivity index (χ0n) is 15.8. The van der Waals surface area contributed by atoms with Crippen LogP contribution in [-0.4, -0.2) is 52.5 Å². The lowest BCUT2D eigenvalue weighted by Gasteiger charge is -2.21. The van der Waals surface area contributed by atoms with E-state index in [-0.39, 0.29) is 24.0 Å².